The quantitative estimate of drug-likeness (QED) is 0.791. The maximum Gasteiger partial charge on any atom is 0.410 e. The van der Waals surface area contributed by atoms with Crippen LogP contribution < -0.4 is 0 Å². The largest absolute Gasteiger partial charge is 0.478 e. The first-order chi connectivity index (χ1) is 12.2. The average molecular weight is 359 g/mol. The van der Waals surface area contributed by atoms with Gasteiger partial charge in [0.25, 0.3) is 0 Å². The molecule has 2 aliphatic rings. The van der Waals surface area contributed by atoms with Gasteiger partial charge in [-0.15, -0.1) is 0 Å². The number of aryl methyl sites for hydroxylation is 1. The fraction of sp³-hybridized carbons (Fsp3) is 0.524. The molecule has 0 saturated carbocycles. The van der Waals surface area contributed by atoms with Gasteiger partial charge in [0.2, 0.25) is 0 Å². The number of benzene rings is 1. The number of carboxylic acids is 1. The van der Waals surface area contributed by atoms with Crippen LogP contribution in [0.2, 0.25) is 0 Å². The minimum absolute atomic E-state index is 0.326. The van der Waals surface area contributed by atoms with Crippen LogP contribution in [0.15, 0.2) is 17.7 Å². The maximum atomic E-state index is 12.4. The van der Waals surface area contributed by atoms with Crippen molar-refractivity contribution in [3.8, 4) is 0 Å². The third-order valence-electron chi connectivity index (χ3n) is 4.58. The molecule has 1 aliphatic carbocycles. The molecule has 1 aromatic carbocycles. The zero-order chi connectivity index (χ0) is 19.6. The highest BCUT2D eigenvalue weighted by Gasteiger charge is 2.34. The van der Waals surface area contributed by atoms with Crippen LogP contribution in [0.4, 0.5) is 4.79 Å². The van der Waals surface area contributed by atoms with Crippen molar-refractivity contribution in [1.29, 1.82) is 0 Å². The normalized spacial score (nSPS) is 15.7. The van der Waals surface area contributed by atoms with E-state index in [0.29, 0.717) is 18.7 Å². The molecule has 0 radical (unpaired) electrons. The van der Waals surface area contributed by atoms with Gasteiger partial charge in [-0.25, -0.2) is 9.59 Å². The van der Waals surface area contributed by atoms with Crippen molar-refractivity contribution in [2.24, 2.45) is 0 Å². The molecule has 0 bridgehead atoms. The lowest BCUT2D eigenvalue weighted by molar-refractivity contribution is 0.0271. The van der Waals surface area contributed by atoms with Crippen molar-refractivity contribution < 1.29 is 19.4 Å². The third kappa shape index (κ3) is 3.92. The van der Waals surface area contributed by atoms with Crippen LogP contribution >= 0.6 is 0 Å². The van der Waals surface area contributed by atoms with E-state index < -0.39 is 11.6 Å². The Morgan fingerprint density at radius 2 is 1.85 bits per heavy atom. The van der Waals surface area contributed by atoms with E-state index in [4.69, 9.17) is 4.74 Å². The molecule has 5 nitrogen and oxygen atoms in total. The van der Waals surface area contributed by atoms with E-state index in [-0.39, 0.29) is 6.09 Å². The highest BCUT2D eigenvalue weighted by atomic mass is 16.6. The van der Waals surface area contributed by atoms with E-state index in [1.54, 1.807) is 11.0 Å². The number of carbonyl (C=O) groups excluding carboxylic acids is 1. The van der Waals surface area contributed by atoms with Crippen molar-refractivity contribution in [3.05, 3.63) is 40.0 Å². The van der Waals surface area contributed by atoms with Gasteiger partial charge in [-0.05, 0) is 68.9 Å². The number of nitrogens with zero attached hydrogens (tertiary/aromatic N) is 1. The minimum Gasteiger partial charge on any atom is -0.478 e. The summed E-state index contributed by atoms with van der Waals surface area (Å²) in [5.41, 5.74) is 5.03. The standard InChI is InChI=1S/C19H23NO4.C2H6/c1-11-5-6-13(17(21)22)16-14(11)9-12-7-8-20(10-15(12)16)18(23)24-19(2,3)4;1-2/h5-6H,7-10H2,1-4H3,(H,21,22);1-2H3. The number of amides is 1. The Morgan fingerprint density at radius 1 is 1.19 bits per heavy atom. The first-order valence-electron chi connectivity index (χ1n) is 9.22. The van der Waals surface area contributed by atoms with Gasteiger partial charge < -0.3 is 14.7 Å². The van der Waals surface area contributed by atoms with Crippen molar-refractivity contribution in [2.45, 2.75) is 60.0 Å². The molecule has 0 unspecified atom stereocenters. The maximum absolute atomic E-state index is 12.4. The fourth-order valence-corrected chi connectivity index (χ4v) is 3.45. The van der Waals surface area contributed by atoms with Gasteiger partial charge in [0, 0.05) is 13.1 Å². The molecule has 0 aromatic heterocycles. The lowest BCUT2D eigenvalue weighted by atomic mass is 9.94. The summed E-state index contributed by atoms with van der Waals surface area (Å²) in [5, 5.41) is 9.53. The number of fused-ring (bicyclic) bond motifs is 2. The Balaban J connectivity index is 0.00000117. The van der Waals surface area contributed by atoms with Crippen molar-refractivity contribution in [2.75, 3.05) is 13.1 Å². The van der Waals surface area contributed by atoms with Crippen molar-refractivity contribution >= 4 is 17.6 Å². The summed E-state index contributed by atoms with van der Waals surface area (Å²) >= 11 is 0. The van der Waals surface area contributed by atoms with Gasteiger partial charge in [0.05, 0.1) is 5.56 Å². The molecule has 1 aliphatic heterocycles. The van der Waals surface area contributed by atoms with Crippen LogP contribution in [0.5, 0.6) is 0 Å². The average Bonchev–Trinajstić information content (AvgIpc) is 2.95. The van der Waals surface area contributed by atoms with Crippen LogP contribution in [0.1, 0.15) is 68.1 Å². The zero-order valence-corrected chi connectivity index (χ0v) is 16.6. The van der Waals surface area contributed by atoms with Gasteiger partial charge in [0.15, 0.2) is 0 Å². The van der Waals surface area contributed by atoms with E-state index >= 15 is 0 Å². The number of hydrogen-bond donors (Lipinski definition) is 1. The molecule has 142 valence electrons. The summed E-state index contributed by atoms with van der Waals surface area (Å²) in [4.78, 5) is 25.7. The summed E-state index contributed by atoms with van der Waals surface area (Å²) in [6, 6.07) is 3.53. The van der Waals surface area contributed by atoms with E-state index in [1.807, 2.05) is 47.6 Å². The number of rotatable bonds is 1. The predicted molar refractivity (Wildman–Crippen MR) is 103 cm³/mol. The van der Waals surface area contributed by atoms with E-state index in [0.717, 1.165) is 35.1 Å². The third-order valence-corrected chi connectivity index (χ3v) is 4.58. The Hall–Kier alpha value is -2.30. The molecule has 3 rings (SSSR count). The second-order valence-electron chi connectivity index (χ2n) is 7.50. The number of carbonyl (C=O) groups is 2. The first kappa shape index (κ1) is 20.0. The molecule has 1 amide bonds. The van der Waals surface area contributed by atoms with Gasteiger partial charge in [-0.3, -0.25) is 0 Å². The Labute approximate surface area is 155 Å². The van der Waals surface area contributed by atoms with Crippen LogP contribution in [0.25, 0.3) is 5.57 Å². The summed E-state index contributed by atoms with van der Waals surface area (Å²) in [7, 11) is 0. The topological polar surface area (TPSA) is 66.8 Å². The number of hydrogen-bond acceptors (Lipinski definition) is 3. The van der Waals surface area contributed by atoms with Crippen LogP contribution in [-0.4, -0.2) is 40.8 Å². The molecular weight excluding hydrogens is 330 g/mol. The summed E-state index contributed by atoms with van der Waals surface area (Å²) in [6.45, 7) is 12.6. The Morgan fingerprint density at radius 3 is 2.42 bits per heavy atom. The molecule has 1 N–H and O–H groups in total. The molecule has 0 atom stereocenters. The fourth-order valence-electron chi connectivity index (χ4n) is 3.45. The van der Waals surface area contributed by atoms with E-state index in [2.05, 4.69) is 0 Å². The second kappa shape index (κ2) is 7.52. The van der Waals surface area contributed by atoms with Crippen LogP contribution in [0.3, 0.4) is 0 Å². The molecule has 1 heterocycles. The number of carboxylic acid groups (broad SMARTS) is 1. The number of ether oxygens (including phenoxy) is 1. The molecule has 0 saturated heterocycles. The van der Waals surface area contributed by atoms with Crippen LogP contribution in [0, 0.1) is 6.92 Å². The first-order valence-corrected chi connectivity index (χ1v) is 9.22. The monoisotopic (exact) mass is 359 g/mol. The Bertz CT molecular complexity index is 756. The molecule has 26 heavy (non-hydrogen) atoms. The molecular formula is C21H29NO4. The summed E-state index contributed by atoms with van der Waals surface area (Å²) in [6.07, 6.45) is 1.22. The molecule has 0 fully saturated rings. The van der Waals surface area contributed by atoms with Gasteiger partial charge in [-0.1, -0.05) is 25.5 Å². The Kier molecular flexibility index (Phi) is 5.79. The lowest BCUT2D eigenvalue weighted by Crippen LogP contribution is -2.40. The summed E-state index contributed by atoms with van der Waals surface area (Å²) < 4.78 is 5.46. The second-order valence-corrected chi connectivity index (χ2v) is 7.50. The van der Waals surface area contributed by atoms with Crippen molar-refractivity contribution in [3.63, 3.8) is 0 Å². The summed E-state index contributed by atoms with van der Waals surface area (Å²) in [5.74, 6) is -0.922. The minimum atomic E-state index is -0.922. The molecule has 0 spiro atoms. The molecule has 5 heteroatoms. The highest BCUT2D eigenvalue weighted by Crippen LogP contribution is 2.41. The van der Waals surface area contributed by atoms with E-state index in [9.17, 15) is 14.7 Å². The van der Waals surface area contributed by atoms with Gasteiger partial charge in [-0.2, -0.15) is 0 Å². The number of aromatic carboxylic acids is 1. The SMILES string of the molecule is CC.Cc1ccc(C(=O)O)c2c1CC1=C2CN(C(=O)OC(C)(C)C)CC1. The smallest absolute Gasteiger partial charge is 0.410 e. The van der Waals surface area contributed by atoms with Gasteiger partial charge in [0.1, 0.15) is 5.60 Å². The van der Waals surface area contributed by atoms with Gasteiger partial charge >= 0.3 is 12.1 Å². The highest BCUT2D eigenvalue weighted by molar-refractivity contribution is 5.98. The predicted octanol–water partition coefficient (Wildman–Crippen LogP) is 4.67. The van der Waals surface area contributed by atoms with Crippen LogP contribution in [-0.2, 0) is 11.2 Å². The lowest BCUT2D eigenvalue weighted by Gasteiger charge is -2.31. The molecule has 1 aromatic rings. The van der Waals surface area contributed by atoms with E-state index in [1.165, 1.54) is 5.57 Å². The van der Waals surface area contributed by atoms with Crippen molar-refractivity contribution in [1.82, 2.24) is 4.90 Å². The zero-order valence-electron chi connectivity index (χ0n) is 16.6.